The molecule has 11 heteroatoms. The zero-order valence-electron chi connectivity index (χ0n) is 10.4. The fraction of sp³-hybridized carbons (Fsp3) is 0.100. The van der Waals surface area contributed by atoms with Gasteiger partial charge in [0.2, 0.25) is 9.47 Å². The first-order valence-electron chi connectivity index (χ1n) is 5.37. The summed E-state index contributed by atoms with van der Waals surface area (Å²) in [6, 6.07) is 4.39. The van der Waals surface area contributed by atoms with Crippen molar-refractivity contribution in [1.82, 2.24) is 14.9 Å². The highest BCUT2D eigenvalue weighted by atomic mass is 35.5. The van der Waals surface area contributed by atoms with Gasteiger partial charge in [-0.3, -0.25) is 10.1 Å². The number of carbonyl (C=O) groups excluding carboxylic acids is 1. The molecule has 21 heavy (non-hydrogen) atoms. The Bertz CT molecular complexity index is 791. The van der Waals surface area contributed by atoms with E-state index in [0.29, 0.717) is 5.02 Å². The Morgan fingerprint density at radius 3 is 2.62 bits per heavy atom. The van der Waals surface area contributed by atoms with Crippen molar-refractivity contribution in [3.63, 3.8) is 0 Å². The second-order valence-corrected chi connectivity index (χ2v) is 7.54. The summed E-state index contributed by atoms with van der Waals surface area (Å²) in [5.41, 5.74) is 0.189. The molecule has 1 amide bonds. The molecule has 0 aliphatic rings. The van der Waals surface area contributed by atoms with Crippen molar-refractivity contribution in [2.75, 3.05) is 12.4 Å². The van der Waals surface area contributed by atoms with E-state index in [1.807, 2.05) is 0 Å². The van der Waals surface area contributed by atoms with Crippen LogP contribution < -0.4 is 10.0 Å². The molecule has 2 aromatic rings. The maximum Gasteiger partial charge on any atom is 0.269 e. The molecule has 7 nitrogen and oxygen atoms in total. The molecule has 0 unspecified atom stereocenters. The highest BCUT2D eigenvalue weighted by Gasteiger charge is 2.19. The molecular weight excluding hydrogens is 359 g/mol. The Kier molecular flexibility index (Phi) is 4.79. The van der Waals surface area contributed by atoms with Gasteiger partial charge in [0.05, 0.1) is 10.6 Å². The predicted octanol–water partition coefficient (Wildman–Crippen LogP) is 2.01. The van der Waals surface area contributed by atoms with E-state index in [9.17, 15) is 13.2 Å². The van der Waals surface area contributed by atoms with Crippen LogP contribution in [0.5, 0.6) is 0 Å². The number of benzene rings is 1. The molecule has 0 fully saturated rings. The summed E-state index contributed by atoms with van der Waals surface area (Å²) in [5.74, 6) is -0.541. The molecule has 0 bridgehead atoms. The van der Waals surface area contributed by atoms with Crippen molar-refractivity contribution in [3.8, 4) is 0 Å². The number of nitrogens with zero attached hydrogens (tertiary/aromatic N) is 2. The zero-order chi connectivity index (χ0) is 15.6. The summed E-state index contributed by atoms with van der Waals surface area (Å²) in [5, 5.41) is 10.1. The molecule has 0 spiro atoms. The normalized spacial score (nSPS) is 11.4. The monoisotopic (exact) mass is 366 g/mol. The summed E-state index contributed by atoms with van der Waals surface area (Å²) in [7, 11) is -2.44. The molecule has 2 N–H and O–H groups in total. The fourth-order valence-electron chi connectivity index (χ4n) is 1.29. The lowest BCUT2D eigenvalue weighted by Gasteiger charge is -2.03. The van der Waals surface area contributed by atoms with Crippen LogP contribution in [0.3, 0.4) is 0 Å². The largest absolute Gasteiger partial charge is 0.296 e. The summed E-state index contributed by atoms with van der Waals surface area (Å²) in [4.78, 5) is 12.0. The van der Waals surface area contributed by atoms with E-state index in [-0.39, 0.29) is 20.1 Å². The van der Waals surface area contributed by atoms with Crippen LogP contribution in [0.25, 0.3) is 0 Å². The lowest BCUT2D eigenvalue weighted by Crippen LogP contribution is -2.18. The summed E-state index contributed by atoms with van der Waals surface area (Å²) >= 11 is 12.4. The standard InChI is InChI=1S/C10H8Cl2N4O3S2/c1-13-21(18,19)10-16-15-9(20-10)14-8(17)6-3-2-5(11)4-7(6)12/h2-4,13H,1H3,(H,14,15,17). The first kappa shape index (κ1) is 16.1. The van der Waals surface area contributed by atoms with Crippen LogP contribution in [0.15, 0.2) is 22.5 Å². The van der Waals surface area contributed by atoms with Gasteiger partial charge in [-0.25, -0.2) is 13.1 Å². The minimum Gasteiger partial charge on any atom is -0.296 e. The minimum atomic E-state index is -3.69. The van der Waals surface area contributed by atoms with Crippen LogP contribution >= 0.6 is 34.5 Å². The number of rotatable bonds is 4. The van der Waals surface area contributed by atoms with Crippen molar-refractivity contribution < 1.29 is 13.2 Å². The van der Waals surface area contributed by atoms with Gasteiger partial charge in [0, 0.05) is 5.02 Å². The van der Waals surface area contributed by atoms with Gasteiger partial charge in [0.1, 0.15) is 0 Å². The number of hydrogen-bond donors (Lipinski definition) is 2. The van der Waals surface area contributed by atoms with E-state index in [0.717, 1.165) is 11.3 Å². The maximum atomic E-state index is 12.0. The average Bonchev–Trinajstić information content (AvgIpc) is 2.87. The number of anilines is 1. The molecule has 0 saturated carbocycles. The van der Waals surface area contributed by atoms with E-state index < -0.39 is 15.9 Å². The predicted molar refractivity (Wildman–Crippen MR) is 80.6 cm³/mol. The Labute approximate surface area is 134 Å². The molecule has 1 aromatic heterocycles. The van der Waals surface area contributed by atoms with E-state index in [1.165, 1.54) is 25.2 Å². The first-order chi connectivity index (χ1) is 9.83. The Hall–Kier alpha value is -1.26. The van der Waals surface area contributed by atoms with Gasteiger partial charge < -0.3 is 0 Å². The lowest BCUT2D eigenvalue weighted by molar-refractivity contribution is 0.102. The molecule has 0 radical (unpaired) electrons. The van der Waals surface area contributed by atoms with Crippen LogP contribution in [0.1, 0.15) is 10.4 Å². The van der Waals surface area contributed by atoms with Gasteiger partial charge in [0.15, 0.2) is 0 Å². The van der Waals surface area contributed by atoms with Crippen molar-refractivity contribution >= 4 is 55.6 Å². The quantitative estimate of drug-likeness (QED) is 0.805. The van der Waals surface area contributed by atoms with Gasteiger partial charge in [-0.05, 0) is 25.2 Å². The molecule has 0 saturated heterocycles. The van der Waals surface area contributed by atoms with Crippen LogP contribution in [-0.2, 0) is 10.0 Å². The van der Waals surface area contributed by atoms with Gasteiger partial charge in [-0.2, -0.15) is 0 Å². The second-order valence-electron chi connectivity index (χ2n) is 3.66. The van der Waals surface area contributed by atoms with Gasteiger partial charge >= 0.3 is 0 Å². The summed E-state index contributed by atoms with van der Waals surface area (Å²) in [6.07, 6.45) is 0. The van der Waals surface area contributed by atoms with Crippen molar-refractivity contribution in [2.24, 2.45) is 0 Å². The number of halogens is 2. The SMILES string of the molecule is CNS(=O)(=O)c1nnc(NC(=O)c2ccc(Cl)cc2Cl)s1. The lowest BCUT2D eigenvalue weighted by atomic mass is 10.2. The topological polar surface area (TPSA) is 101 Å². The van der Waals surface area contributed by atoms with E-state index >= 15 is 0 Å². The van der Waals surface area contributed by atoms with Crippen molar-refractivity contribution in [2.45, 2.75) is 4.34 Å². The van der Waals surface area contributed by atoms with Crippen LogP contribution in [-0.4, -0.2) is 31.6 Å². The van der Waals surface area contributed by atoms with Crippen molar-refractivity contribution in [1.29, 1.82) is 0 Å². The van der Waals surface area contributed by atoms with E-state index in [4.69, 9.17) is 23.2 Å². The molecule has 0 aliphatic carbocycles. The van der Waals surface area contributed by atoms with Gasteiger partial charge in [-0.1, -0.05) is 34.5 Å². The Morgan fingerprint density at radius 1 is 1.29 bits per heavy atom. The van der Waals surface area contributed by atoms with Crippen molar-refractivity contribution in [3.05, 3.63) is 33.8 Å². The second kappa shape index (κ2) is 6.24. The minimum absolute atomic E-state index is 0.0415. The molecule has 2 rings (SSSR count). The third-order valence-corrected chi connectivity index (χ3v) is 5.47. The molecule has 112 valence electrons. The number of aromatic nitrogens is 2. The molecule has 0 atom stereocenters. The van der Waals surface area contributed by atoms with Crippen LogP contribution in [0, 0.1) is 0 Å². The Morgan fingerprint density at radius 2 is 2.00 bits per heavy atom. The van der Waals surface area contributed by atoms with E-state index in [2.05, 4.69) is 20.2 Å². The zero-order valence-corrected chi connectivity index (χ0v) is 13.6. The highest BCUT2D eigenvalue weighted by Crippen LogP contribution is 2.24. The highest BCUT2D eigenvalue weighted by molar-refractivity contribution is 7.91. The van der Waals surface area contributed by atoms with Gasteiger partial charge in [0.25, 0.3) is 15.9 Å². The first-order valence-corrected chi connectivity index (χ1v) is 8.42. The summed E-state index contributed by atoms with van der Waals surface area (Å²) < 4.78 is 24.9. The number of nitrogens with one attached hydrogen (secondary N) is 2. The average molecular weight is 367 g/mol. The smallest absolute Gasteiger partial charge is 0.269 e. The number of hydrogen-bond acceptors (Lipinski definition) is 6. The van der Waals surface area contributed by atoms with Gasteiger partial charge in [-0.15, -0.1) is 10.2 Å². The number of amides is 1. The van der Waals surface area contributed by atoms with Crippen LogP contribution in [0.2, 0.25) is 10.0 Å². The maximum absolute atomic E-state index is 12.0. The third kappa shape index (κ3) is 3.69. The molecular formula is C10H8Cl2N4O3S2. The number of carbonyl (C=O) groups is 1. The molecule has 1 heterocycles. The molecule has 1 aromatic carbocycles. The third-order valence-electron chi connectivity index (χ3n) is 2.30. The fourth-order valence-corrected chi connectivity index (χ4v) is 3.51. The molecule has 0 aliphatic heterocycles. The van der Waals surface area contributed by atoms with Crippen LogP contribution in [0.4, 0.5) is 5.13 Å². The van der Waals surface area contributed by atoms with E-state index in [1.54, 1.807) is 0 Å². The number of sulfonamides is 1. The Balaban J connectivity index is 2.21. The summed E-state index contributed by atoms with van der Waals surface area (Å²) in [6.45, 7) is 0.